The fourth-order valence-electron chi connectivity index (χ4n) is 5.10. The van der Waals surface area contributed by atoms with Gasteiger partial charge in [0.15, 0.2) is 0 Å². The van der Waals surface area contributed by atoms with Crippen LogP contribution in [0.4, 0.5) is 11.4 Å². The smallest absolute Gasteiger partial charge is 0.335 e. The van der Waals surface area contributed by atoms with Crippen LogP contribution in [0.3, 0.4) is 0 Å². The molecule has 2 aliphatic heterocycles. The second-order valence-electron chi connectivity index (χ2n) is 11.1. The van der Waals surface area contributed by atoms with Crippen molar-refractivity contribution < 1.29 is 19.8 Å². The van der Waals surface area contributed by atoms with E-state index in [0.29, 0.717) is 5.36 Å². The van der Waals surface area contributed by atoms with Gasteiger partial charge in [0.2, 0.25) is 0 Å². The Bertz CT molecular complexity index is 2560. The number of nitrogens with zero attached hydrogens (tertiary/aromatic N) is 4. The molecular weight excluding hydrogens is 653 g/mol. The summed E-state index contributed by atoms with van der Waals surface area (Å²) in [7, 11) is 0. The van der Waals surface area contributed by atoms with Gasteiger partial charge in [-0.2, -0.15) is 0 Å². The average molecular weight is 679 g/mol. The van der Waals surface area contributed by atoms with Crippen LogP contribution in [0, 0.1) is 6.92 Å². The Morgan fingerprint density at radius 1 is 0.551 bits per heavy atom. The lowest BCUT2D eigenvalue weighted by atomic mass is 10.1. The number of carboxylic acids is 2. The number of aromatic carboxylic acids is 2. The van der Waals surface area contributed by atoms with E-state index in [4.69, 9.17) is 9.98 Å². The minimum Gasteiger partial charge on any atom is -0.478 e. The minimum absolute atomic E-state index is 0.120. The summed E-state index contributed by atoms with van der Waals surface area (Å²) in [5.74, 6) is -2.41. The van der Waals surface area contributed by atoms with Crippen molar-refractivity contribution in [1.82, 2.24) is 9.97 Å². The SMILES string of the molecule is Cc1ccc(N=c2ccc3nc4ccccc4sc-3c2)cc1.O=C(O)c1cc(N=c2ccc3nc4ccccc4sc-3c2)cc(C(=O)O)c1. The van der Waals surface area contributed by atoms with Gasteiger partial charge in [-0.1, -0.05) is 42.0 Å². The summed E-state index contributed by atoms with van der Waals surface area (Å²) >= 11 is 3.34. The molecule has 8 nitrogen and oxygen atoms in total. The van der Waals surface area contributed by atoms with E-state index < -0.39 is 11.9 Å². The van der Waals surface area contributed by atoms with Crippen molar-refractivity contribution in [1.29, 1.82) is 0 Å². The predicted molar refractivity (Wildman–Crippen MR) is 194 cm³/mol. The molecule has 0 bridgehead atoms. The Kier molecular flexibility index (Phi) is 8.72. The van der Waals surface area contributed by atoms with Gasteiger partial charge in [0.05, 0.1) is 74.8 Å². The molecular formula is C39H26N4O4S2. The Labute approximate surface area is 288 Å². The summed E-state index contributed by atoms with van der Waals surface area (Å²) in [6.07, 6.45) is 0. The molecule has 8 rings (SSSR count). The zero-order valence-electron chi connectivity index (χ0n) is 25.9. The Balaban J connectivity index is 0.000000157. The maximum absolute atomic E-state index is 11.2. The number of para-hydroxylation sites is 2. The van der Waals surface area contributed by atoms with Crippen molar-refractivity contribution in [2.24, 2.45) is 9.98 Å². The number of carbonyl (C=O) groups is 2. The highest BCUT2D eigenvalue weighted by atomic mass is 32.1. The molecule has 0 saturated carbocycles. The molecule has 0 aromatic heterocycles. The third kappa shape index (κ3) is 7.25. The van der Waals surface area contributed by atoms with Gasteiger partial charge in [0, 0.05) is 0 Å². The number of carboxylic acid groups (broad SMARTS) is 2. The van der Waals surface area contributed by atoms with Crippen LogP contribution in [0.1, 0.15) is 26.3 Å². The van der Waals surface area contributed by atoms with Crippen molar-refractivity contribution in [2.45, 2.75) is 6.92 Å². The zero-order chi connectivity index (χ0) is 33.9. The zero-order valence-corrected chi connectivity index (χ0v) is 27.6. The lowest BCUT2D eigenvalue weighted by molar-refractivity contribution is 0.0696. The van der Waals surface area contributed by atoms with Crippen molar-refractivity contribution in [3.63, 3.8) is 0 Å². The maximum atomic E-state index is 11.2. The van der Waals surface area contributed by atoms with E-state index in [-0.39, 0.29) is 16.8 Å². The summed E-state index contributed by atoms with van der Waals surface area (Å²) in [4.78, 5) is 43.0. The third-order valence-corrected chi connectivity index (χ3v) is 9.73. The van der Waals surface area contributed by atoms with Crippen molar-refractivity contribution in [3.8, 4) is 21.1 Å². The van der Waals surface area contributed by atoms with Gasteiger partial charge < -0.3 is 10.2 Å². The molecule has 0 spiro atoms. The van der Waals surface area contributed by atoms with Crippen LogP contribution >= 0.6 is 22.7 Å². The highest BCUT2D eigenvalue weighted by Gasteiger charge is 2.12. The molecule has 2 N–H and O–H groups in total. The van der Waals surface area contributed by atoms with E-state index in [1.54, 1.807) is 28.7 Å². The molecule has 2 aliphatic carbocycles. The van der Waals surface area contributed by atoms with E-state index in [1.165, 1.54) is 22.4 Å². The average Bonchev–Trinajstić information content (AvgIpc) is 3.11. The normalized spacial score (nSPS) is 11.9. The van der Waals surface area contributed by atoms with Gasteiger partial charge in [0.25, 0.3) is 0 Å². The molecule has 0 fully saturated rings. The highest BCUT2D eigenvalue weighted by Crippen LogP contribution is 2.30. The lowest BCUT2D eigenvalue weighted by Crippen LogP contribution is -2.04. The lowest BCUT2D eigenvalue weighted by Gasteiger charge is -2.06. The molecule has 49 heavy (non-hydrogen) atoms. The number of rotatable bonds is 4. The first-order chi connectivity index (χ1) is 23.8. The second-order valence-corrected chi connectivity index (χ2v) is 13.3. The minimum atomic E-state index is -1.20. The fourth-order valence-corrected chi connectivity index (χ4v) is 7.10. The Morgan fingerprint density at radius 2 is 1.02 bits per heavy atom. The van der Waals surface area contributed by atoms with Crippen molar-refractivity contribution >= 4 is 66.4 Å². The van der Waals surface area contributed by atoms with Crippen LogP contribution in [0.5, 0.6) is 0 Å². The van der Waals surface area contributed by atoms with Crippen molar-refractivity contribution in [2.75, 3.05) is 0 Å². The highest BCUT2D eigenvalue weighted by molar-refractivity contribution is 7.21. The first-order valence-corrected chi connectivity index (χ1v) is 16.8. The van der Waals surface area contributed by atoms with E-state index >= 15 is 0 Å². The largest absolute Gasteiger partial charge is 0.478 e. The molecule has 0 amide bonds. The van der Waals surface area contributed by atoms with E-state index in [9.17, 15) is 19.8 Å². The van der Waals surface area contributed by atoms with Gasteiger partial charge in [-0.15, -0.1) is 22.7 Å². The molecule has 0 atom stereocenters. The van der Waals surface area contributed by atoms with Gasteiger partial charge in [0.1, 0.15) is 0 Å². The monoisotopic (exact) mass is 678 g/mol. The van der Waals surface area contributed by atoms with Crippen LogP contribution in [-0.4, -0.2) is 32.1 Å². The summed E-state index contributed by atoms with van der Waals surface area (Å²) in [5.41, 5.74) is 6.07. The van der Waals surface area contributed by atoms with Crippen LogP contribution in [-0.2, 0) is 0 Å². The molecule has 238 valence electrons. The number of aromatic nitrogens is 2. The first-order valence-electron chi connectivity index (χ1n) is 15.1. The molecule has 0 unspecified atom stereocenters. The van der Waals surface area contributed by atoms with Gasteiger partial charge in [-0.3, -0.25) is 0 Å². The number of aryl methyl sites for hydroxylation is 1. The molecule has 4 aromatic rings. The predicted octanol–water partition coefficient (Wildman–Crippen LogP) is 8.97. The summed E-state index contributed by atoms with van der Waals surface area (Å²) in [6, 6.07) is 39.8. The van der Waals surface area contributed by atoms with Crippen LogP contribution in [0.2, 0.25) is 0 Å². The van der Waals surface area contributed by atoms with Gasteiger partial charge in [-0.05, 0) is 97.9 Å². The molecule has 0 radical (unpaired) electrons. The van der Waals surface area contributed by atoms with Gasteiger partial charge >= 0.3 is 11.9 Å². The van der Waals surface area contributed by atoms with Crippen LogP contribution in [0.15, 0.2) is 137 Å². The van der Waals surface area contributed by atoms with Crippen LogP contribution in [0.25, 0.3) is 41.6 Å². The number of benzene rings is 6. The topological polar surface area (TPSA) is 125 Å². The van der Waals surface area contributed by atoms with E-state index in [0.717, 1.165) is 54.0 Å². The first kappa shape index (κ1) is 31.5. The Hall–Kier alpha value is -6.10. The maximum Gasteiger partial charge on any atom is 0.335 e. The summed E-state index contributed by atoms with van der Waals surface area (Å²) < 4.78 is 2.24. The number of fused-ring (bicyclic) bond motifs is 4. The standard InChI is InChI=1S/C20H12N2O4S.C19H14N2S/c23-19(24)11-7-12(20(25)26)9-14(8-11)21-13-5-6-16-18(10-13)27-17-4-2-1-3-15(17)22-16;1-13-6-8-14(9-7-13)20-15-10-11-17-19(12-15)22-18-5-3-2-4-16(18)21-17/h1-10H,(H,23,24)(H,25,26);2-12H,1H3. The fraction of sp³-hybridized carbons (Fsp3) is 0.0256. The second kappa shape index (κ2) is 13.6. The quantitative estimate of drug-likeness (QED) is 0.179. The van der Waals surface area contributed by atoms with Crippen molar-refractivity contribution in [3.05, 3.63) is 155 Å². The molecule has 10 heteroatoms. The van der Waals surface area contributed by atoms with Gasteiger partial charge in [-0.25, -0.2) is 29.5 Å². The number of hydrogen-bond donors (Lipinski definition) is 2. The molecule has 2 heterocycles. The van der Waals surface area contributed by atoms with E-state index in [1.807, 2.05) is 72.8 Å². The van der Waals surface area contributed by atoms with E-state index in [2.05, 4.69) is 47.2 Å². The Morgan fingerprint density at radius 3 is 1.51 bits per heavy atom. The molecule has 4 aliphatic rings. The number of hydrogen-bond acceptors (Lipinski definition) is 8. The third-order valence-electron chi connectivity index (χ3n) is 7.50. The summed E-state index contributed by atoms with van der Waals surface area (Å²) in [6.45, 7) is 2.08. The molecule has 4 aromatic carbocycles. The van der Waals surface area contributed by atoms with Crippen LogP contribution < -0.4 is 10.7 Å². The summed E-state index contributed by atoms with van der Waals surface area (Å²) in [5, 5.41) is 19.9. The molecule has 0 saturated heterocycles.